The highest BCUT2D eigenvalue weighted by molar-refractivity contribution is 6.35. The lowest BCUT2D eigenvalue weighted by atomic mass is 9.72. The Bertz CT molecular complexity index is 1140. The second-order valence-electron chi connectivity index (χ2n) is 6.93. The van der Waals surface area contributed by atoms with Crippen LogP contribution in [0.25, 0.3) is 0 Å². The van der Waals surface area contributed by atoms with Gasteiger partial charge in [-0.05, 0) is 29.3 Å². The van der Waals surface area contributed by atoms with Crippen molar-refractivity contribution in [3.8, 4) is 0 Å². The number of hydrogen-bond acceptors (Lipinski definition) is 3. The number of nitrogens with one attached hydrogen (secondary N) is 2. The molecule has 0 bridgehead atoms. The van der Waals surface area contributed by atoms with Crippen LogP contribution in [0.3, 0.4) is 0 Å². The van der Waals surface area contributed by atoms with E-state index in [-0.39, 0.29) is 24.8 Å². The van der Waals surface area contributed by atoms with Crippen molar-refractivity contribution in [3.05, 3.63) is 75.4 Å². The Kier molecular flexibility index (Phi) is 3.76. The molecule has 1 unspecified atom stereocenters. The molecule has 140 valence electrons. The Morgan fingerprint density at radius 3 is 2.75 bits per heavy atom. The quantitative estimate of drug-likeness (QED) is 0.669. The molecule has 1 atom stereocenters. The van der Waals surface area contributed by atoms with E-state index in [0.29, 0.717) is 21.4 Å². The molecular weight excluding hydrogens is 399 g/mol. The minimum atomic E-state index is -1.10. The maximum atomic E-state index is 13.8. The molecular formula is C20H14Cl2N4O2. The first kappa shape index (κ1) is 17.3. The smallest absolute Gasteiger partial charge is 0.243 e. The summed E-state index contributed by atoms with van der Waals surface area (Å²) in [6.07, 6.45) is 1.64. The molecule has 6 nitrogen and oxygen atoms in total. The highest BCUT2D eigenvalue weighted by atomic mass is 35.5. The van der Waals surface area contributed by atoms with Crippen molar-refractivity contribution in [3.63, 3.8) is 0 Å². The third-order valence-corrected chi connectivity index (χ3v) is 5.98. The lowest BCUT2D eigenvalue weighted by Gasteiger charge is -2.32. The lowest BCUT2D eigenvalue weighted by Crippen LogP contribution is -2.46. The summed E-state index contributed by atoms with van der Waals surface area (Å²) in [6, 6.07) is 12.7. The topological polar surface area (TPSA) is 78.1 Å². The van der Waals surface area contributed by atoms with Gasteiger partial charge in [0.2, 0.25) is 11.8 Å². The second-order valence-corrected chi connectivity index (χ2v) is 7.78. The van der Waals surface area contributed by atoms with E-state index in [1.807, 2.05) is 30.3 Å². The van der Waals surface area contributed by atoms with Gasteiger partial charge in [-0.1, -0.05) is 47.5 Å². The number of amides is 2. The summed E-state index contributed by atoms with van der Waals surface area (Å²) in [5.74, 6) is 0.0641. The molecule has 2 N–H and O–H groups in total. The van der Waals surface area contributed by atoms with Crippen LogP contribution in [0.4, 0.5) is 11.5 Å². The Morgan fingerprint density at radius 2 is 1.93 bits per heavy atom. The molecule has 1 spiro atoms. The van der Waals surface area contributed by atoms with E-state index in [0.717, 1.165) is 16.8 Å². The van der Waals surface area contributed by atoms with Gasteiger partial charge in [-0.2, -0.15) is 5.10 Å². The average Bonchev–Trinajstić information content (AvgIpc) is 3.22. The van der Waals surface area contributed by atoms with Crippen LogP contribution >= 0.6 is 23.2 Å². The van der Waals surface area contributed by atoms with Crippen molar-refractivity contribution in [1.29, 1.82) is 0 Å². The number of H-pyrrole nitrogens is 1. The van der Waals surface area contributed by atoms with E-state index in [9.17, 15) is 9.59 Å². The van der Waals surface area contributed by atoms with Gasteiger partial charge in [0.25, 0.3) is 0 Å². The fourth-order valence-electron chi connectivity index (χ4n) is 4.16. The molecule has 3 heterocycles. The van der Waals surface area contributed by atoms with Crippen molar-refractivity contribution >= 4 is 46.5 Å². The summed E-state index contributed by atoms with van der Waals surface area (Å²) in [5, 5.41) is 10.6. The molecule has 2 aliphatic heterocycles. The Hall–Kier alpha value is -2.83. The third-order valence-electron chi connectivity index (χ3n) is 5.40. The molecule has 0 saturated heterocycles. The van der Waals surface area contributed by atoms with Crippen molar-refractivity contribution in [2.75, 3.05) is 10.2 Å². The van der Waals surface area contributed by atoms with Crippen molar-refractivity contribution < 1.29 is 9.59 Å². The molecule has 28 heavy (non-hydrogen) atoms. The SMILES string of the molecule is O=C1CC2(C(=O)N(Cc3ccc(Cl)cc3Cl)c3ccccc32)c2cn[nH]c2N1. The summed E-state index contributed by atoms with van der Waals surface area (Å²) in [4.78, 5) is 27.9. The largest absolute Gasteiger partial charge is 0.311 e. The van der Waals surface area contributed by atoms with Crippen LogP contribution in [-0.2, 0) is 21.5 Å². The number of benzene rings is 2. The zero-order valence-electron chi connectivity index (χ0n) is 14.5. The van der Waals surface area contributed by atoms with Gasteiger partial charge in [-0.3, -0.25) is 14.7 Å². The van der Waals surface area contributed by atoms with E-state index < -0.39 is 5.41 Å². The summed E-state index contributed by atoms with van der Waals surface area (Å²) in [7, 11) is 0. The Morgan fingerprint density at radius 1 is 1.11 bits per heavy atom. The number of fused-ring (bicyclic) bond motifs is 4. The Balaban J connectivity index is 1.67. The van der Waals surface area contributed by atoms with Gasteiger partial charge in [0.15, 0.2) is 0 Å². The molecule has 2 aromatic carbocycles. The maximum absolute atomic E-state index is 13.8. The number of halogens is 2. The van der Waals surface area contributed by atoms with E-state index >= 15 is 0 Å². The molecule has 8 heteroatoms. The van der Waals surface area contributed by atoms with Gasteiger partial charge in [-0.25, -0.2) is 0 Å². The van der Waals surface area contributed by atoms with Crippen LogP contribution in [0.1, 0.15) is 23.1 Å². The number of nitrogens with zero attached hydrogens (tertiary/aromatic N) is 2. The molecule has 2 aliphatic rings. The van der Waals surface area contributed by atoms with E-state index in [2.05, 4.69) is 15.5 Å². The van der Waals surface area contributed by atoms with E-state index in [1.165, 1.54) is 0 Å². The predicted octanol–water partition coefficient (Wildman–Crippen LogP) is 3.89. The zero-order chi connectivity index (χ0) is 19.5. The Labute approximate surface area is 170 Å². The van der Waals surface area contributed by atoms with Crippen molar-refractivity contribution in [1.82, 2.24) is 10.2 Å². The molecule has 1 aromatic heterocycles. The minimum absolute atomic E-state index is 0.0280. The third kappa shape index (κ3) is 2.31. The molecule has 5 rings (SSSR count). The minimum Gasteiger partial charge on any atom is -0.311 e. The molecule has 0 radical (unpaired) electrons. The number of rotatable bonds is 2. The molecule has 0 aliphatic carbocycles. The number of anilines is 2. The summed E-state index contributed by atoms with van der Waals surface area (Å²) in [5.41, 5.74) is 1.91. The number of para-hydroxylation sites is 1. The first-order valence-corrected chi connectivity index (χ1v) is 9.45. The normalized spacial score (nSPS) is 20.3. The van der Waals surface area contributed by atoms with Gasteiger partial charge < -0.3 is 10.2 Å². The summed E-state index contributed by atoms with van der Waals surface area (Å²) >= 11 is 12.3. The van der Waals surface area contributed by atoms with Gasteiger partial charge in [-0.15, -0.1) is 0 Å². The van der Waals surface area contributed by atoms with Crippen LogP contribution in [-0.4, -0.2) is 22.0 Å². The molecule has 0 fully saturated rings. The standard InChI is InChI=1S/C20H14Cl2N4O2/c21-12-6-5-11(15(22)7-12)10-26-16-4-2-1-3-13(16)20(19(26)28)8-17(27)24-18-14(20)9-23-25-18/h1-7,9H,8,10H2,(H2,23,24,25,27). The molecule has 3 aromatic rings. The van der Waals surface area contributed by atoms with Gasteiger partial charge in [0, 0.05) is 27.7 Å². The van der Waals surface area contributed by atoms with Crippen molar-refractivity contribution in [2.45, 2.75) is 18.4 Å². The molecule has 2 amide bonds. The maximum Gasteiger partial charge on any atom is 0.243 e. The predicted molar refractivity (Wildman–Crippen MR) is 107 cm³/mol. The van der Waals surface area contributed by atoms with E-state index in [1.54, 1.807) is 23.2 Å². The fraction of sp³-hybridized carbons (Fsp3) is 0.150. The van der Waals surface area contributed by atoms with Crippen LogP contribution in [0.15, 0.2) is 48.7 Å². The fourth-order valence-corrected chi connectivity index (χ4v) is 4.63. The van der Waals surface area contributed by atoms with Crippen LogP contribution in [0.5, 0.6) is 0 Å². The number of carbonyl (C=O) groups excluding carboxylic acids is 2. The molecule has 0 saturated carbocycles. The van der Waals surface area contributed by atoms with E-state index in [4.69, 9.17) is 23.2 Å². The number of aromatic amines is 1. The number of aromatic nitrogens is 2. The highest BCUT2D eigenvalue weighted by Gasteiger charge is 2.56. The first-order valence-electron chi connectivity index (χ1n) is 8.70. The second kappa shape index (κ2) is 6.09. The summed E-state index contributed by atoms with van der Waals surface area (Å²) < 4.78 is 0. The van der Waals surface area contributed by atoms with Crippen LogP contribution in [0.2, 0.25) is 10.0 Å². The monoisotopic (exact) mass is 412 g/mol. The number of hydrogen-bond donors (Lipinski definition) is 2. The van der Waals surface area contributed by atoms with Gasteiger partial charge >= 0.3 is 0 Å². The zero-order valence-corrected chi connectivity index (χ0v) is 16.0. The lowest BCUT2D eigenvalue weighted by molar-refractivity contribution is -0.126. The van der Waals surface area contributed by atoms with Crippen LogP contribution in [0, 0.1) is 0 Å². The summed E-state index contributed by atoms with van der Waals surface area (Å²) in [6.45, 7) is 0.280. The average molecular weight is 413 g/mol. The van der Waals surface area contributed by atoms with Crippen LogP contribution < -0.4 is 10.2 Å². The number of carbonyl (C=O) groups is 2. The van der Waals surface area contributed by atoms with Gasteiger partial charge in [0.1, 0.15) is 11.2 Å². The van der Waals surface area contributed by atoms with Gasteiger partial charge in [0.05, 0.1) is 12.7 Å². The van der Waals surface area contributed by atoms with Crippen molar-refractivity contribution in [2.24, 2.45) is 0 Å². The first-order chi connectivity index (χ1) is 13.5. The highest BCUT2D eigenvalue weighted by Crippen LogP contribution is 2.52.